The molecule has 0 atom stereocenters. The van der Waals surface area contributed by atoms with Crippen LogP contribution in [0.5, 0.6) is 5.75 Å². The molecule has 11 aromatic carbocycles. The highest BCUT2D eigenvalue weighted by Gasteiger charge is 2.27. The molecule has 1 heterocycles. The molecule has 0 radical (unpaired) electrons. The number of phenolic OH excluding ortho intramolecular Hbond substituents is 1. The minimum absolute atomic E-state index is 0.211. The average molecular weight is 1010 g/mol. The number of phenols is 1. The Balaban J connectivity index is 1.07. The number of terminal acetylenes is 1. The second-order valence-electron chi connectivity index (χ2n) is 21.5. The number of hydrogen-bond donors (Lipinski definition) is 1. The summed E-state index contributed by atoms with van der Waals surface area (Å²) in [5, 5.41) is 20.6. The Kier molecular flexibility index (Phi) is 12.7. The Labute approximate surface area is 458 Å². The predicted molar refractivity (Wildman–Crippen MR) is 331 cm³/mol. The first-order valence-corrected chi connectivity index (χ1v) is 27.1. The zero-order valence-electron chi connectivity index (χ0n) is 45.6. The topological polar surface area (TPSA) is 39.9 Å². The SMILES string of the molecule is C#C/C=C(/c1ccccc1C)c1oc2c(N(c3ccc(C(C)C)cc3)c3ccc4ccc5c(N(c6ccc(C(C)C)cc6)c6cccc(-c7cccc(-c8c(C)cccc8C)c7)c6O)ccc6ccc3c4c65)cccc2c1C. The van der Waals surface area contributed by atoms with Crippen molar-refractivity contribution in [3.63, 3.8) is 0 Å². The molecule has 78 heavy (non-hydrogen) atoms. The Morgan fingerprint density at radius 3 is 1.60 bits per heavy atom. The van der Waals surface area contributed by atoms with Gasteiger partial charge in [-0.25, -0.2) is 0 Å². The van der Waals surface area contributed by atoms with Crippen LogP contribution >= 0.6 is 0 Å². The standard InChI is InChI=1S/C74H62N2O2/c1-10-17-62(59-23-12-11-18-47(59)6)73-50(9)60-24-15-27-68(74(60)78-73)76(58-38-30-52(31-39-58)46(4)5)66-43-35-54-32-40-63-65(42-34-53-33-41-64(66)71(54)70(53)63)75(57-36-28-51(29-37-57)45(2)3)67-26-16-25-61(72(67)77)55-21-14-22-56(44-55)69-48(7)19-13-20-49(69)8/h1,11-46,77H,2-9H3/b62-17-. The first kappa shape index (κ1) is 49.6. The van der Waals surface area contributed by atoms with Crippen molar-refractivity contribution in [3.8, 4) is 40.3 Å². The Morgan fingerprint density at radius 2 is 1.01 bits per heavy atom. The van der Waals surface area contributed by atoms with Gasteiger partial charge in [0.05, 0.1) is 22.7 Å². The number of anilines is 6. The first-order valence-electron chi connectivity index (χ1n) is 27.1. The number of benzene rings is 11. The number of allylic oxidation sites excluding steroid dienone is 1. The number of rotatable bonds is 12. The smallest absolute Gasteiger partial charge is 0.159 e. The molecule has 0 saturated carbocycles. The van der Waals surface area contributed by atoms with E-state index in [1.165, 1.54) is 27.8 Å². The third kappa shape index (κ3) is 8.44. The summed E-state index contributed by atoms with van der Waals surface area (Å²) in [6.45, 7) is 17.5. The summed E-state index contributed by atoms with van der Waals surface area (Å²) in [7, 11) is 0. The van der Waals surface area contributed by atoms with Crippen LogP contribution in [0.3, 0.4) is 0 Å². The lowest BCUT2D eigenvalue weighted by molar-refractivity contribution is 0.478. The van der Waals surface area contributed by atoms with E-state index in [0.29, 0.717) is 17.5 Å². The van der Waals surface area contributed by atoms with Crippen molar-refractivity contribution in [3.05, 3.63) is 251 Å². The molecule has 0 unspecified atom stereocenters. The molecule has 0 fully saturated rings. The summed E-state index contributed by atoms with van der Waals surface area (Å²) in [4.78, 5) is 4.61. The van der Waals surface area contributed by atoms with Crippen LogP contribution in [0.25, 0.3) is 71.1 Å². The van der Waals surface area contributed by atoms with E-state index < -0.39 is 0 Å². The van der Waals surface area contributed by atoms with Gasteiger partial charge in [-0.05, 0) is 172 Å². The second-order valence-corrected chi connectivity index (χ2v) is 21.5. The predicted octanol–water partition coefficient (Wildman–Crippen LogP) is 20.9. The first-order chi connectivity index (χ1) is 37.9. The molecule has 0 aliphatic carbocycles. The number of aryl methyl sites for hydroxylation is 4. The molecule has 4 heteroatoms. The van der Waals surface area contributed by atoms with E-state index in [2.05, 4.69) is 253 Å². The number of nitrogens with zero attached hydrogens (tertiary/aromatic N) is 2. The highest BCUT2D eigenvalue weighted by molar-refractivity contribution is 6.28. The van der Waals surface area contributed by atoms with Gasteiger partial charge in [-0.15, -0.1) is 6.42 Å². The van der Waals surface area contributed by atoms with Gasteiger partial charge < -0.3 is 19.3 Å². The van der Waals surface area contributed by atoms with Gasteiger partial charge in [-0.3, -0.25) is 0 Å². The quantitative estimate of drug-likeness (QED) is 0.0978. The summed E-state index contributed by atoms with van der Waals surface area (Å²) in [5.41, 5.74) is 19.4. The van der Waals surface area contributed by atoms with E-state index in [1.807, 2.05) is 24.3 Å². The Morgan fingerprint density at radius 1 is 0.500 bits per heavy atom. The summed E-state index contributed by atoms with van der Waals surface area (Å²) in [5.74, 6) is 4.52. The van der Waals surface area contributed by atoms with Crippen molar-refractivity contribution in [2.45, 2.75) is 67.2 Å². The molecule has 0 spiro atoms. The molecule has 12 aromatic rings. The second kappa shape index (κ2) is 20.0. The maximum Gasteiger partial charge on any atom is 0.159 e. The summed E-state index contributed by atoms with van der Waals surface area (Å²) in [6.07, 6.45) is 7.88. The molecule has 0 aliphatic heterocycles. The van der Waals surface area contributed by atoms with E-state index in [4.69, 9.17) is 10.8 Å². The van der Waals surface area contributed by atoms with E-state index >= 15 is 0 Å². The summed E-state index contributed by atoms with van der Waals surface area (Å²) in [6, 6.07) is 71.7. The zero-order valence-corrected chi connectivity index (χ0v) is 45.6. The number of furan rings is 1. The van der Waals surface area contributed by atoms with Crippen LogP contribution in [-0.2, 0) is 0 Å². The lowest BCUT2D eigenvalue weighted by Crippen LogP contribution is -2.12. The third-order valence-corrected chi connectivity index (χ3v) is 16.0. The Hall–Kier alpha value is -9.30. The maximum atomic E-state index is 12.8. The van der Waals surface area contributed by atoms with E-state index in [-0.39, 0.29) is 5.75 Å². The molecule has 1 N–H and O–H groups in total. The molecule has 0 bridgehead atoms. The van der Waals surface area contributed by atoms with Crippen LogP contribution in [0, 0.1) is 40.0 Å². The normalized spacial score (nSPS) is 11.9. The van der Waals surface area contributed by atoms with Crippen LogP contribution in [0.2, 0.25) is 0 Å². The van der Waals surface area contributed by atoms with E-state index in [9.17, 15) is 5.11 Å². The lowest BCUT2D eigenvalue weighted by atomic mass is 9.91. The molecular weight excluding hydrogens is 949 g/mol. The van der Waals surface area contributed by atoms with Crippen LogP contribution in [0.15, 0.2) is 211 Å². The monoisotopic (exact) mass is 1010 g/mol. The number of hydrogen-bond acceptors (Lipinski definition) is 4. The molecule has 380 valence electrons. The fourth-order valence-electron chi connectivity index (χ4n) is 11.9. The van der Waals surface area contributed by atoms with Gasteiger partial charge in [0.25, 0.3) is 0 Å². The summed E-state index contributed by atoms with van der Waals surface area (Å²) < 4.78 is 7.16. The van der Waals surface area contributed by atoms with Crippen molar-refractivity contribution in [2.24, 2.45) is 0 Å². The zero-order chi connectivity index (χ0) is 53.9. The van der Waals surface area contributed by atoms with Gasteiger partial charge in [0.15, 0.2) is 5.58 Å². The van der Waals surface area contributed by atoms with Crippen molar-refractivity contribution in [1.29, 1.82) is 0 Å². The molecule has 0 amide bonds. The minimum Gasteiger partial charge on any atom is -0.505 e. The third-order valence-electron chi connectivity index (χ3n) is 16.0. The van der Waals surface area contributed by atoms with Crippen LogP contribution in [-0.4, -0.2) is 5.11 Å². The van der Waals surface area contributed by atoms with Crippen LogP contribution < -0.4 is 9.80 Å². The van der Waals surface area contributed by atoms with Crippen molar-refractivity contribution >= 4 is 83.0 Å². The largest absolute Gasteiger partial charge is 0.505 e. The molecule has 12 rings (SSSR count). The van der Waals surface area contributed by atoms with Crippen molar-refractivity contribution in [2.75, 3.05) is 9.80 Å². The van der Waals surface area contributed by atoms with Gasteiger partial charge in [0.1, 0.15) is 11.5 Å². The molecule has 0 aliphatic rings. The van der Waals surface area contributed by atoms with Gasteiger partial charge in [-0.1, -0.05) is 179 Å². The number of para-hydroxylation sites is 2. The highest BCUT2D eigenvalue weighted by atomic mass is 16.3. The van der Waals surface area contributed by atoms with Gasteiger partial charge >= 0.3 is 0 Å². The van der Waals surface area contributed by atoms with E-state index in [1.54, 1.807) is 0 Å². The molecule has 0 saturated heterocycles. The van der Waals surface area contributed by atoms with Crippen LogP contribution in [0.4, 0.5) is 34.1 Å². The fraction of sp³-hybridized carbons (Fsp3) is 0.135. The number of fused-ring (bicyclic) bond motifs is 1. The Bertz CT molecular complexity index is 4320. The lowest BCUT2D eigenvalue weighted by Gasteiger charge is -2.30. The van der Waals surface area contributed by atoms with Gasteiger partial charge in [0.2, 0.25) is 0 Å². The van der Waals surface area contributed by atoms with Gasteiger partial charge in [-0.2, -0.15) is 0 Å². The fourth-order valence-corrected chi connectivity index (χ4v) is 11.9. The average Bonchev–Trinajstić information content (AvgIpc) is 3.95. The van der Waals surface area contributed by atoms with Crippen molar-refractivity contribution in [1.82, 2.24) is 0 Å². The molecule has 1 aromatic heterocycles. The molecular formula is C74H62N2O2. The number of aromatic hydroxyl groups is 1. The molecule has 4 nitrogen and oxygen atoms in total. The van der Waals surface area contributed by atoms with Crippen LogP contribution in [0.1, 0.15) is 84.2 Å². The highest BCUT2D eigenvalue weighted by Crippen LogP contribution is 2.52. The minimum atomic E-state index is 0.211. The van der Waals surface area contributed by atoms with Crippen molar-refractivity contribution < 1.29 is 9.52 Å². The summed E-state index contributed by atoms with van der Waals surface area (Å²) >= 11 is 0. The van der Waals surface area contributed by atoms with E-state index in [0.717, 1.165) is 116 Å². The van der Waals surface area contributed by atoms with Gasteiger partial charge in [0, 0.05) is 44.2 Å². The maximum absolute atomic E-state index is 12.8.